The number of amides is 2. The van der Waals surface area contributed by atoms with E-state index in [0.717, 1.165) is 41.1 Å². The quantitative estimate of drug-likeness (QED) is 0.404. The predicted octanol–water partition coefficient (Wildman–Crippen LogP) is 4.36. The third kappa shape index (κ3) is 6.98. The number of rotatable bonds is 10. The van der Waals surface area contributed by atoms with Crippen molar-refractivity contribution < 1.29 is 19.1 Å². The highest BCUT2D eigenvalue weighted by Gasteiger charge is 2.39. The summed E-state index contributed by atoms with van der Waals surface area (Å²) >= 11 is 0. The summed E-state index contributed by atoms with van der Waals surface area (Å²) in [6.45, 7) is 3.94. The number of fused-ring (bicyclic) bond motifs is 2. The van der Waals surface area contributed by atoms with E-state index in [9.17, 15) is 9.59 Å². The lowest BCUT2D eigenvalue weighted by Crippen LogP contribution is -2.61. The molecule has 214 valence electrons. The third-order valence-corrected chi connectivity index (χ3v) is 8.01. The van der Waals surface area contributed by atoms with E-state index in [1.54, 1.807) is 14.0 Å². The lowest BCUT2D eigenvalue weighted by atomic mass is 9.82. The number of ether oxygens (including phenoxy) is 2. The van der Waals surface area contributed by atoms with Crippen LogP contribution in [0.25, 0.3) is 5.57 Å². The Labute approximate surface area is 242 Å². The van der Waals surface area contributed by atoms with Gasteiger partial charge in [-0.05, 0) is 47.2 Å². The Kier molecular flexibility index (Phi) is 9.04. The van der Waals surface area contributed by atoms with Crippen LogP contribution in [0.15, 0.2) is 84.4 Å². The molecule has 0 saturated carbocycles. The number of hydrogen-bond donors (Lipinski definition) is 1. The smallest absolute Gasteiger partial charge is 0.251 e. The zero-order chi connectivity index (χ0) is 28.8. The second-order valence-electron chi connectivity index (χ2n) is 10.9. The molecular weight excluding hydrogens is 514 g/mol. The van der Waals surface area contributed by atoms with Crippen molar-refractivity contribution in [3.05, 3.63) is 101 Å². The first-order valence-electron chi connectivity index (χ1n) is 14.3. The van der Waals surface area contributed by atoms with Gasteiger partial charge in [0.25, 0.3) is 5.91 Å². The largest absolute Gasteiger partial charge is 0.497 e. The van der Waals surface area contributed by atoms with Crippen molar-refractivity contribution in [2.45, 2.75) is 38.3 Å². The van der Waals surface area contributed by atoms with Crippen LogP contribution in [0.1, 0.15) is 30.0 Å². The Morgan fingerprint density at radius 1 is 0.927 bits per heavy atom. The summed E-state index contributed by atoms with van der Waals surface area (Å²) in [5.41, 5.74) is 5.29. The number of carbonyl (C=O) groups is 2. The van der Waals surface area contributed by atoms with E-state index in [2.05, 4.69) is 41.7 Å². The molecule has 0 spiro atoms. The van der Waals surface area contributed by atoms with E-state index in [1.807, 2.05) is 59.3 Å². The van der Waals surface area contributed by atoms with E-state index in [0.29, 0.717) is 32.7 Å². The molecule has 2 amide bonds. The Morgan fingerprint density at radius 3 is 2.39 bits per heavy atom. The van der Waals surface area contributed by atoms with Gasteiger partial charge >= 0.3 is 0 Å². The maximum atomic E-state index is 14.0. The fraction of sp³-hybridized carbons (Fsp3) is 0.353. The van der Waals surface area contributed by atoms with Gasteiger partial charge in [0, 0.05) is 57.7 Å². The second kappa shape index (κ2) is 13.0. The number of hydrogen-bond acceptors (Lipinski definition) is 5. The van der Waals surface area contributed by atoms with Gasteiger partial charge in [-0.25, -0.2) is 0 Å². The molecule has 0 aromatic heterocycles. The molecule has 41 heavy (non-hydrogen) atoms. The number of piperazine rings is 1. The van der Waals surface area contributed by atoms with Crippen molar-refractivity contribution in [2.24, 2.45) is 0 Å². The van der Waals surface area contributed by atoms with Gasteiger partial charge in [0.2, 0.25) is 5.91 Å². The third-order valence-electron chi connectivity index (χ3n) is 8.01. The van der Waals surface area contributed by atoms with Crippen LogP contribution in [0.5, 0.6) is 11.5 Å². The van der Waals surface area contributed by atoms with Crippen molar-refractivity contribution in [1.82, 2.24) is 15.1 Å². The summed E-state index contributed by atoms with van der Waals surface area (Å²) in [5, 5.41) is 3.64. The lowest BCUT2D eigenvalue weighted by molar-refractivity contribution is -0.132. The van der Waals surface area contributed by atoms with Crippen LogP contribution >= 0.6 is 0 Å². The predicted molar refractivity (Wildman–Crippen MR) is 161 cm³/mol. The molecule has 1 fully saturated rings. The molecule has 3 aromatic rings. The van der Waals surface area contributed by atoms with E-state index < -0.39 is 0 Å². The van der Waals surface area contributed by atoms with Gasteiger partial charge in [-0.15, -0.1) is 0 Å². The van der Waals surface area contributed by atoms with E-state index in [1.165, 1.54) is 11.1 Å². The molecule has 0 aliphatic carbocycles. The maximum absolute atomic E-state index is 14.0. The number of likely N-dealkylation sites (N-methyl/N-ethyl adjacent to an activating group) is 1. The first-order chi connectivity index (χ1) is 19.9. The van der Waals surface area contributed by atoms with Crippen LogP contribution in [-0.4, -0.2) is 74.1 Å². The topological polar surface area (TPSA) is 71.1 Å². The van der Waals surface area contributed by atoms with Crippen molar-refractivity contribution in [1.29, 1.82) is 0 Å². The second-order valence-corrected chi connectivity index (χ2v) is 10.9. The van der Waals surface area contributed by atoms with Crippen molar-refractivity contribution >= 4 is 17.4 Å². The minimum absolute atomic E-state index is 0.0213. The van der Waals surface area contributed by atoms with Crippen LogP contribution in [0.2, 0.25) is 0 Å². The molecule has 1 unspecified atom stereocenters. The first kappa shape index (κ1) is 28.4. The highest BCUT2D eigenvalue weighted by atomic mass is 16.5. The van der Waals surface area contributed by atoms with Gasteiger partial charge in [-0.2, -0.15) is 0 Å². The summed E-state index contributed by atoms with van der Waals surface area (Å²) in [5.74, 6) is 1.63. The Hall–Kier alpha value is -4.10. The molecule has 1 N–H and O–H groups in total. The minimum atomic E-state index is -0.191. The highest BCUT2D eigenvalue weighted by Crippen LogP contribution is 2.34. The number of methoxy groups -OCH3 is 1. The summed E-state index contributed by atoms with van der Waals surface area (Å²) in [6, 6.07) is 26.3. The average Bonchev–Trinajstić information content (AvgIpc) is 3.00. The number of nitrogens with one attached hydrogen (secondary N) is 1. The normalized spacial score (nSPS) is 18.2. The van der Waals surface area contributed by atoms with Crippen LogP contribution in [-0.2, 0) is 22.4 Å². The molecule has 2 aliphatic rings. The van der Waals surface area contributed by atoms with Crippen LogP contribution in [0.4, 0.5) is 0 Å². The number of benzene rings is 3. The summed E-state index contributed by atoms with van der Waals surface area (Å²) < 4.78 is 11.2. The zero-order valence-electron chi connectivity index (χ0n) is 24.1. The molecule has 7 nitrogen and oxygen atoms in total. The lowest BCUT2D eigenvalue weighted by Gasteiger charge is -2.44. The van der Waals surface area contributed by atoms with Gasteiger partial charge in [-0.1, -0.05) is 60.7 Å². The minimum Gasteiger partial charge on any atom is -0.497 e. The van der Waals surface area contributed by atoms with Gasteiger partial charge < -0.3 is 24.6 Å². The van der Waals surface area contributed by atoms with Crippen LogP contribution in [0, 0.1) is 0 Å². The van der Waals surface area contributed by atoms with Crippen molar-refractivity contribution in [3.8, 4) is 11.5 Å². The molecule has 5 rings (SSSR count). The Balaban J connectivity index is 1.33. The average molecular weight is 554 g/mol. The molecule has 7 heteroatoms. The molecular formula is C34H39N3O4. The number of carbonyl (C=O) groups excluding carboxylic acids is 2. The first-order valence-corrected chi connectivity index (χ1v) is 14.3. The van der Waals surface area contributed by atoms with Gasteiger partial charge in [0.15, 0.2) is 0 Å². The SMILES string of the molecule is COc1cccc(OCCc2ccc(C3=C(C(=O)N(C)CCc4ccccc4)[C@H]4CN(C(C)=O)CC(C3)N4)cc2)c1. The molecule has 2 atom stereocenters. The molecule has 0 radical (unpaired) electrons. The van der Waals surface area contributed by atoms with Gasteiger partial charge in [0.1, 0.15) is 11.5 Å². The van der Waals surface area contributed by atoms with Gasteiger partial charge in [0.05, 0.1) is 19.8 Å². The van der Waals surface area contributed by atoms with E-state index >= 15 is 0 Å². The van der Waals surface area contributed by atoms with Crippen LogP contribution in [0.3, 0.4) is 0 Å². The molecule has 2 heterocycles. The van der Waals surface area contributed by atoms with Crippen LogP contribution < -0.4 is 14.8 Å². The zero-order valence-corrected chi connectivity index (χ0v) is 24.1. The summed E-state index contributed by atoms with van der Waals surface area (Å²) in [7, 11) is 3.52. The summed E-state index contributed by atoms with van der Waals surface area (Å²) in [4.78, 5) is 29.9. The monoisotopic (exact) mass is 553 g/mol. The Morgan fingerprint density at radius 2 is 1.66 bits per heavy atom. The standard InChI is InChI=1S/C34H39N3O4/c1-24(38)37-22-28-20-31(27-14-12-26(13-15-27)17-19-41-30-11-7-10-29(21-30)40-3)33(32(23-37)35-28)34(39)36(2)18-16-25-8-5-4-6-9-25/h4-15,21,28,32,35H,16-20,22-23H2,1-3H3/t28?,32-/m1/s1. The fourth-order valence-corrected chi connectivity index (χ4v) is 5.72. The van der Waals surface area contributed by atoms with Crippen molar-refractivity contribution in [3.63, 3.8) is 0 Å². The molecule has 2 aliphatic heterocycles. The fourth-order valence-electron chi connectivity index (χ4n) is 5.72. The Bertz CT molecular complexity index is 1390. The van der Waals surface area contributed by atoms with E-state index in [4.69, 9.17) is 9.47 Å². The molecule has 3 aromatic carbocycles. The highest BCUT2D eigenvalue weighted by molar-refractivity contribution is 6.03. The van der Waals surface area contributed by atoms with E-state index in [-0.39, 0.29) is 23.9 Å². The van der Waals surface area contributed by atoms with Crippen molar-refractivity contribution in [2.75, 3.05) is 40.4 Å². The maximum Gasteiger partial charge on any atom is 0.251 e. The number of nitrogens with zero attached hydrogens (tertiary/aromatic N) is 2. The molecule has 2 bridgehead atoms. The molecule has 1 saturated heterocycles. The summed E-state index contributed by atoms with van der Waals surface area (Å²) in [6.07, 6.45) is 2.26. The van der Waals surface area contributed by atoms with Gasteiger partial charge in [-0.3, -0.25) is 9.59 Å².